The van der Waals surface area contributed by atoms with Gasteiger partial charge >= 0.3 is 12.2 Å². The van der Waals surface area contributed by atoms with Crippen molar-refractivity contribution in [3.63, 3.8) is 0 Å². The van der Waals surface area contributed by atoms with Crippen LogP contribution in [0.15, 0.2) is 48.5 Å². The summed E-state index contributed by atoms with van der Waals surface area (Å²) in [5.41, 5.74) is -0.256. The van der Waals surface area contributed by atoms with Crippen LogP contribution in [0.4, 0.5) is 18.0 Å². The third-order valence-corrected chi connectivity index (χ3v) is 7.52. The number of nitrogens with zero attached hydrogens (tertiary/aromatic N) is 1. The molecule has 2 aliphatic heterocycles. The lowest BCUT2D eigenvalue weighted by molar-refractivity contribution is -0.137. The molecular weight excluding hydrogens is 487 g/mol. The molecule has 10 heteroatoms. The summed E-state index contributed by atoms with van der Waals surface area (Å²) in [6, 6.07) is 13.1. The molecule has 0 aromatic heterocycles. The highest BCUT2D eigenvalue weighted by atomic mass is 19.4. The Morgan fingerprint density at radius 2 is 1.86 bits per heavy atom. The van der Waals surface area contributed by atoms with Crippen LogP contribution in [0, 0.1) is 6.92 Å². The van der Waals surface area contributed by atoms with E-state index >= 15 is 0 Å². The summed E-state index contributed by atoms with van der Waals surface area (Å²) in [4.78, 5) is 25.8. The van der Waals surface area contributed by atoms with Crippen molar-refractivity contribution in [3.8, 4) is 0 Å². The Balaban J connectivity index is 1.57. The number of aryl methyl sites for hydroxylation is 1. The van der Waals surface area contributed by atoms with E-state index < -0.39 is 35.0 Å². The van der Waals surface area contributed by atoms with Crippen molar-refractivity contribution in [3.05, 3.63) is 70.8 Å². The zero-order valence-corrected chi connectivity index (χ0v) is 20.9. The largest absolute Gasteiger partial charge is 0.416 e. The second kappa shape index (κ2) is 10.4. The first-order chi connectivity index (χ1) is 17.5. The molecule has 2 aliphatic rings. The number of urea groups is 1. The zero-order valence-electron chi connectivity index (χ0n) is 20.9. The van der Waals surface area contributed by atoms with Crippen molar-refractivity contribution in [1.82, 2.24) is 15.5 Å². The van der Waals surface area contributed by atoms with E-state index in [9.17, 15) is 27.9 Å². The smallest absolute Gasteiger partial charge is 0.396 e. The average molecular weight is 520 g/mol. The number of imide groups is 1. The van der Waals surface area contributed by atoms with Gasteiger partial charge in [-0.25, -0.2) is 4.79 Å². The van der Waals surface area contributed by atoms with E-state index in [1.54, 1.807) is 19.9 Å². The van der Waals surface area contributed by atoms with Gasteiger partial charge < -0.3 is 20.1 Å². The number of piperidine rings is 1. The second-order valence-corrected chi connectivity index (χ2v) is 10.0. The monoisotopic (exact) mass is 519 g/mol. The lowest BCUT2D eigenvalue weighted by Crippen LogP contribution is -2.65. The Labute approximate surface area is 214 Å². The molecule has 2 fully saturated rings. The second-order valence-electron chi connectivity index (χ2n) is 10.0. The van der Waals surface area contributed by atoms with Gasteiger partial charge in [0.05, 0.1) is 29.4 Å². The molecule has 3 atom stereocenters. The molecule has 0 aliphatic carbocycles. The fraction of sp³-hybridized carbons (Fsp3) is 0.481. The van der Waals surface area contributed by atoms with Crippen molar-refractivity contribution in [2.75, 3.05) is 26.3 Å². The molecule has 200 valence electrons. The van der Waals surface area contributed by atoms with Crippen LogP contribution >= 0.6 is 0 Å². The summed E-state index contributed by atoms with van der Waals surface area (Å²) in [5.74, 6) is -0.379. The van der Waals surface area contributed by atoms with E-state index in [-0.39, 0.29) is 25.7 Å². The quantitative estimate of drug-likeness (QED) is 0.458. The Bertz CT molecular complexity index is 1130. The van der Waals surface area contributed by atoms with E-state index in [1.165, 1.54) is 4.90 Å². The predicted molar refractivity (Wildman–Crippen MR) is 131 cm³/mol. The van der Waals surface area contributed by atoms with Gasteiger partial charge in [-0.2, -0.15) is 13.2 Å². The van der Waals surface area contributed by atoms with Crippen molar-refractivity contribution in [1.29, 1.82) is 0 Å². The number of hydrogen-bond acceptors (Lipinski definition) is 5. The van der Waals surface area contributed by atoms with E-state index in [2.05, 4.69) is 10.6 Å². The SMILES string of the molecule is Cc1cc([C@@H](C)OC[C@@]2(c3ccccc3)CC[C@](CCO)(N3CC(=O)NC3=O)CN2)cc(C(F)(F)F)c1. The first-order valence-electron chi connectivity index (χ1n) is 12.3. The molecule has 0 bridgehead atoms. The number of amides is 3. The molecule has 2 aromatic rings. The van der Waals surface area contributed by atoms with Crippen molar-refractivity contribution in [2.24, 2.45) is 0 Å². The molecule has 3 amide bonds. The van der Waals surface area contributed by atoms with Crippen LogP contribution in [0.1, 0.15) is 54.5 Å². The maximum atomic E-state index is 13.4. The van der Waals surface area contributed by atoms with Crippen LogP contribution in [0.5, 0.6) is 0 Å². The minimum absolute atomic E-state index is 0.0682. The molecule has 37 heavy (non-hydrogen) atoms. The number of ether oxygens (including phenoxy) is 1. The van der Waals surface area contributed by atoms with Gasteiger partial charge in [-0.15, -0.1) is 0 Å². The van der Waals surface area contributed by atoms with Gasteiger partial charge in [-0.1, -0.05) is 42.0 Å². The number of nitrogens with one attached hydrogen (secondary N) is 2. The van der Waals surface area contributed by atoms with Crippen molar-refractivity contribution in [2.45, 2.75) is 56.5 Å². The predicted octanol–water partition coefficient (Wildman–Crippen LogP) is 4.04. The number of aliphatic hydroxyl groups excluding tert-OH is 1. The van der Waals surface area contributed by atoms with Crippen molar-refractivity contribution >= 4 is 11.9 Å². The number of benzene rings is 2. The molecule has 2 saturated heterocycles. The maximum Gasteiger partial charge on any atom is 0.416 e. The van der Waals surface area contributed by atoms with Gasteiger partial charge in [0.1, 0.15) is 6.54 Å². The van der Waals surface area contributed by atoms with Gasteiger partial charge in [0.15, 0.2) is 0 Å². The number of alkyl halides is 3. The summed E-state index contributed by atoms with van der Waals surface area (Å²) in [6.07, 6.45) is -3.74. The number of aliphatic hydroxyl groups is 1. The fourth-order valence-corrected chi connectivity index (χ4v) is 5.35. The number of carbonyl (C=O) groups excluding carboxylic acids is 2. The number of halogens is 3. The summed E-state index contributed by atoms with van der Waals surface area (Å²) in [5, 5.41) is 15.6. The third kappa shape index (κ3) is 5.66. The Hall–Kier alpha value is -2.95. The Morgan fingerprint density at radius 1 is 1.14 bits per heavy atom. The Kier molecular flexibility index (Phi) is 7.64. The lowest BCUT2D eigenvalue weighted by Gasteiger charge is -2.51. The van der Waals surface area contributed by atoms with Crippen molar-refractivity contribution < 1.29 is 32.6 Å². The van der Waals surface area contributed by atoms with Crippen LogP contribution in [0.25, 0.3) is 0 Å². The minimum Gasteiger partial charge on any atom is -0.396 e. The number of rotatable bonds is 8. The van der Waals surface area contributed by atoms with Crippen LogP contribution in [0.2, 0.25) is 0 Å². The Morgan fingerprint density at radius 3 is 2.43 bits per heavy atom. The highest BCUT2D eigenvalue weighted by molar-refractivity contribution is 6.02. The standard InChI is InChI=1S/C27H32F3N3O4/c1-18-12-20(14-22(13-18)27(28,29)30)19(2)37-17-26(21-6-4-3-5-7-21)9-8-25(10-11-34,16-31-26)33-15-23(35)32-24(33)36/h3-7,12-14,19,31,34H,8-11,15-17H2,1-2H3,(H,32,35,36)/t19-,25-,26-/m1/s1. The van der Waals surface area contributed by atoms with Gasteiger partial charge in [0, 0.05) is 13.2 Å². The molecule has 7 nitrogen and oxygen atoms in total. The van der Waals surface area contributed by atoms with Gasteiger partial charge in [0.2, 0.25) is 5.91 Å². The minimum atomic E-state index is -4.45. The van der Waals surface area contributed by atoms with Crippen LogP contribution in [0.3, 0.4) is 0 Å². The fourth-order valence-electron chi connectivity index (χ4n) is 5.35. The average Bonchev–Trinajstić information content (AvgIpc) is 3.21. The topological polar surface area (TPSA) is 90.9 Å². The van der Waals surface area contributed by atoms with E-state index in [1.807, 2.05) is 30.3 Å². The van der Waals surface area contributed by atoms with E-state index in [0.29, 0.717) is 36.9 Å². The van der Waals surface area contributed by atoms with E-state index in [4.69, 9.17) is 4.74 Å². The summed E-state index contributed by atoms with van der Waals surface area (Å²) in [6.45, 7) is 3.62. The first-order valence-corrected chi connectivity index (χ1v) is 12.3. The highest BCUT2D eigenvalue weighted by Gasteiger charge is 2.50. The number of hydrogen-bond donors (Lipinski definition) is 3. The molecule has 2 heterocycles. The van der Waals surface area contributed by atoms with E-state index in [0.717, 1.165) is 17.7 Å². The normalized spacial score (nSPS) is 25.3. The lowest BCUT2D eigenvalue weighted by atomic mass is 9.74. The molecule has 0 unspecified atom stereocenters. The van der Waals surface area contributed by atoms with Gasteiger partial charge in [-0.3, -0.25) is 10.1 Å². The molecule has 4 rings (SSSR count). The zero-order chi connectivity index (χ0) is 26.8. The van der Waals surface area contributed by atoms with Crippen LogP contribution in [-0.2, 0) is 21.2 Å². The number of carbonyl (C=O) groups is 2. The van der Waals surface area contributed by atoms with Gasteiger partial charge in [-0.05, 0) is 56.4 Å². The maximum absolute atomic E-state index is 13.4. The molecule has 3 N–H and O–H groups in total. The first kappa shape index (κ1) is 27.1. The summed E-state index contributed by atoms with van der Waals surface area (Å²) < 4.78 is 46.3. The molecule has 0 saturated carbocycles. The van der Waals surface area contributed by atoms with Gasteiger partial charge in [0.25, 0.3) is 0 Å². The summed E-state index contributed by atoms with van der Waals surface area (Å²) in [7, 11) is 0. The summed E-state index contributed by atoms with van der Waals surface area (Å²) >= 11 is 0. The molecule has 2 aromatic carbocycles. The van der Waals surface area contributed by atoms with Crippen LogP contribution < -0.4 is 10.6 Å². The molecular formula is C27H32F3N3O4. The third-order valence-electron chi connectivity index (χ3n) is 7.52. The molecule has 0 spiro atoms. The molecule has 0 radical (unpaired) electrons. The highest BCUT2D eigenvalue weighted by Crippen LogP contribution is 2.40. The van der Waals surface area contributed by atoms with Crippen LogP contribution in [-0.4, -0.2) is 53.8 Å².